The third kappa shape index (κ3) is 3.43. The van der Waals surface area contributed by atoms with E-state index in [0.717, 1.165) is 22.1 Å². The lowest BCUT2D eigenvalue weighted by atomic mass is 10.0. The van der Waals surface area contributed by atoms with E-state index in [1.807, 2.05) is 67.6 Å². The van der Waals surface area contributed by atoms with Gasteiger partial charge < -0.3 is 4.74 Å². The molecule has 0 fully saturated rings. The fraction of sp³-hybridized carbons (Fsp3) is 0.100. The van der Waals surface area contributed by atoms with Crippen molar-refractivity contribution in [3.05, 3.63) is 77.9 Å². The topological polar surface area (TPSA) is 50.7 Å². The van der Waals surface area contributed by atoms with Crippen molar-refractivity contribution in [2.75, 3.05) is 6.61 Å². The maximum Gasteiger partial charge on any atom is 0.271 e. The first-order chi connectivity index (χ1) is 11.8. The van der Waals surface area contributed by atoms with E-state index in [9.17, 15) is 4.79 Å². The Bertz CT molecular complexity index is 882. The van der Waals surface area contributed by atoms with E-state index < -0.39 is 0 Å². The number of rotatable bonds is 5. The van der Waals surface area contributed by atoms with E-state index in [2.05, 4.69) is 10.5 Å². The summed E-state index contributed by atoms with van der Waals surface area (Å²) in [5.74, 6) is 0.500. The standard InChI is InChI=1S/C20H18N2O2/c1-2-24-19-13-6-4-9-16(19)14-21-22-20(23)18-12-7-10-15-8-3-5-11-17(15)18/h3-14H,2H2,1H3,(H,22,23)/b21-14+. The minimum atomic E-state index is -0.239. The van der Waals surface area contributed by atoms with Crippen LogP contribution in [0.3, 0.4) is 0 Å². The molecule has 4 nitrogen and oxygen atoms in total. The van der Waals surface area contributed by atoms with Crippen LogP contribution in [-0.4, -0.2) is 18.7 Å². The van der Waals surface area contributed by atoms with Gasteiger partial charge >= 0.3 is 0 Å². The van der Waals surface area contributed by atoms with Crippen LogP contribution in [-0.2, 0) is 0 Å². The molecule has 24 heavy (non-hydrogen) atoms. The van der Waals surface area contributed by atoms with Crippen molar-refractivity contribution < 1.29 is 9.53 Å². The molecule has 0 aliphatic heterocycles. The summed E-state index contributed by atoms with van der Waals surface area (Å²) in [5, 5.41) is 5.99. The summed E-state index contributed by atoms with van der Waals surface area (Å²) in [7, 11) is 0. The normalized spacial score (nSPS) is 10.9. The molecule has 0 aliphatic rings. The Morgan fingerprint density at radius 1 is 1.04 bits per heavy atom. The van der Waals surface area contributed by atoms with Gasteiger partial charge in [-0.1, -0.05) is 48.5 Å². The number of carbonyl (C=O) groups excluding carboxylic acids is 1. The molecule has 0 spiro atoms. The van der Waals surface area contributed by atoms with Crippen LogP contribution >= 0.6 is 0 Å². The molecule has 0 aliphatic carbocycles. The zero-order valence-corrected chi connectivity index (χ0v) is 13.4. The van der Waals surface area contributed by atoms with Gasteiger partial charge in [-0.3, -0.25) is 4.79 Å². The molecule has 0 radical (unpaired) electrons. The minimum absolute atomic E-state index is 0.239. The predicted molar refractivity (Wildman–Crippen MR) is 96.6 cm³/mol. The third-order valence-corrected chi connectivity index (χ3v) is 3.62. The first kappa shape index (κ1) is 15.7. The van der Waals surface area contributed by atoms with Gasteiger partial charge in [0, 0.05) is 11.1 Å². The lowest BCUT2D eigenvalue weighted by Crippen LogP contribution is -2.18. The fourth-order valence-corrected chi connectivity index (χ4v) is 2.52. The molecule has 3 aromatic rings. The zero-order chi connectivity index (χ0) is 16.8. The summed E-state index contributed by atoms with van der Waals surface area (Å²) >= 11 is 0. The Balaban J connectivity index is 1.78. The van der Waals surface area contributed by atoms with E-state index in [-0.39, 0.29) is 5.91 Å². The average molecular weight is 318 g/mol. The number of hydrazone groups is 1. The zero-order valence-electron chi connectivity index (χ0n) is 13.4. The average Bonchev–Trinajstić information content (AvgIpc) is 2.63. The van der Waals surface area contributed by atoms with E-state index >= 15 is 0 Å². The summed E-state index contributed by atoms with van der Waals surface area (Å²) < 4.78 is 5.53. The van der Waals surface area contributed by atoms with E-state index in [4.69, 9.17) is 4.74 Å². The summed E-state index contributed by atoms with van der Waals surface area (Å²) in [6.45, 7) is 2.50. The molecule has 3 rings (SSSR count). The van der Waals surface area contributed by atoms with Crippen LogP contribution in [0.15, 0.2) is 71.8 Å². The Labute approximate surface area is 140 Å². The van der Waals surface area contributed by atoms with Crippen molar-refractivity contribution in [2.24, 2.45) is 5.10 Å². The molecular formula is C20H18N2O2. The summed E-state index contributed by atoms with van der Waals surface area (Å²) in [5.41, 5.74) is 4.00. The van der Waals surface area contributed by atoms with Gasteiger partial charge in [0.25, 0.3) is 5.91 Å². The number of amides is 1. The van der Waals surface area contributed by atoms with Crippen LogP contribution in [0.2, 0.25) is 0 Å². The molecule has 0 unspecified atom stereocenters. The van der Waals surface area contributed by atoms with Crippen LogP contribution in [0.4, 0.5) is 0 Å². The number of nitrogens with one attached hydrogen (secondary N) is 1. The smallest absolute Gasteiger partial charge is 0.271 e. The Morgan fingerprint density at radius 2 is 1.79 bits per heavy atom. The van der Waals surface area contributed by atoms with Crippen molar-refractivity contribution in [2.45, 2.75) is 6.92 Å². The van der Waals surface area contributed by atoms with Crippen LogP contribution in [0, 0.1) is 0 Å². The van der Waals surface area contributed by atoms with Gasteiger partial charge in [0.2, 0.25) is 0 Å². The van der Waals surface area contributed by atoms with Gasteiger partial charge in [0.05, 0.1) is 12.8 Å². The molecule has 0 saturated heterocycles. The Morgan fingerprint density at radius 3 is 2.67 bits per heavy atom. The second-order valence-corrected chi connectivity index (χ2v) is 5.20. The van der Waals surface area contributed by atoms with Crippen molar-refractivity contribution in [3.8, 4) is 5.75 Å². The molecule has 0 atom stereocenters. The summed E-state index contributed by atoms with van der Waals surface area (Å²) in [4.78, 5) is 12.4. The summed E-state index contributed by atoms with van der Waals surface area (Å²) in [6.07, 6.45) is 1.59. The quantitative estimate of drug-likeness (QED) is 0.571. The highest BCUT2D eigenvalue weighted by atomic mass is 16.5. The number of ether oxygens (including phenoxy) is 1. The van der Waals surface area contributed by atoms with Gasteiger partial charge in [0.1, 0.15) is 5.75 Å². The van der Waals surface area contributed by atoms with Gasteiger partial charge in [-0.05, 0) is 35.9 Å². The monoisotopic (exact) mass is 318 g/mol. The van der Waals surface area contributed by atoms with Gasteiger partial charge in [-0.25, -0.2) is 5.43 Å². The number of carbonyl (C=O) groups is 1. The Hall–Kier alpha value is -3.14. The number of nitrogens with zero attached hydrogens (tertiary/aromatic N) is 1. The first-order valence-corrected chi connectivity index (χ1v) is 7.82. The van der Waals surface area contributed by atoms with Crippen LogP contribution in [0.1, 0.15) is 22.8 Å². The largest absolute Gasteiger partial charge is 0.493 e. The van der Waals surface area contributed by atoms with Crippen molar-refractivity contribution in [1.29, 1.82) is 0 Å². The predicted octanol–water partition coefficient (Wildman–Crippen LogP) is 4.00. The number of fused-ring (bicyclic) bond motifs is 1. The number of benzene rings is 3. The molecule has 0 aromatic heterocycles. The molecule has 4 heteroatoms. The SMILES string of the molecule is CCOc1ccccc1/C=N/NC(=O)c1cccc2ccccc12. The van der Waals surface area contributed by atoms with Gasteiger partial charge in [0.15, 0.2) is 0 Å². The van der Waals surface area contributed by atoms with Gasteiger partial charge in [-0.2, -0.15) is 5.10 Å². The lowest BCUT2D eigenvalue weighted by molar-refractivity contribution is 0.0957. The summed E-state index contributed by atoms with van der Waals surface area (Å²) in [6, 6.07) is 21.0. The van der Waals surface area contributed by atoms with E-state index in [1.165, 1.54) is 0 Å². The maximum atomic E-state index is 12.4. The lowest BCUT2D eigenvalue weighted by Gasteiger charge is -2.06. The number of hydrogen-bond acceptors (Lipinski definition) is 3. The van der Waals surface area contributed by atoms with Crippen molar-refractivity contribution in [1.82, 2.24) is 5.43 Å². The Kier molecular flexibility index (Phi) is 4.87. The molecule has 120 valence electrons. The molecule has 1 N–H and O–H groups in total. The number of para-hydroxylation sites is 1. The van der Waals surface area contributed by atoms with Crippen molar-refractivity contribution >= 4 is 22.9 Å². The maximum absolute atomic E-state index is 12.4. The third-order valence-electron chi connectivity index (χ3n) is 3.62. The highest BCUT2D eigenvalue weighted by Crippen LogP contribution is 2.18. The second-order valence-electron chi connectivity index (χ2n) is 5.20. The fourth-order valence-electron chi connectivity index (χ4n) is 2.52. The van der Waals surface area contributed by atoms with E-state index in [0.29, 0.717) is 12.2 Å². The van der Waals surface area contributed by atoms with Crippen LogP contribution in [0.25, 0.3) is 10.8 Å². The molecule has 1 amide bonds. The molecular weight excluding hydrogens is 300 g/mol. The van der Waals surface area contributed by atoms with Crippen LogP contribution < -0.4 is 10.2 Å². The minimum Gasteiger partial charge on any atom is -0.493 e. The van der Waals surface area contributed by atoms with Gasteiger partial charge in [-0.15, -0.1) is 0 Å². The molecule has 0 heterocycles. The van der Waals surface area contributed by atoms with Crippen LogP contribution in [0.5, 0.6) is 5.75 Å². The van der Waals surface area contributed by atoms with E-state index in [1.54, 1.807) is 12.3 Å². The second kappa shape index (κ2) is 7.42. The molecule has 3 aromatic carbocycles. The first-order valence-electron chi connectivity index (χ1n) is 7.82. The van der Waals surface area contributed by atoms with Crippen molar-refractivity contribution in [3.63, 3.8) is 0 Å². The molecule has 0 bridgehead atoms. The highest BCUT2D eigenvalue weighted by Gasteiger charge is 2.08. The highest BCUT2D eigenvalue weighted by molar-refractivity contribution is 6.07. The number of hydrogen-bond donors (Lipinski definition) is 1. The molecule has 0 saturated carbocycles.